The Morgan fingerprint density at radius 3 is 1.09 bits per heavy atom. The van der Waals surface area contributed by atoms with E-state index >= 15 is 0 Å². The Labute approximate surface area is 555 Å². The molecular weight excluding hydrogens is 1240 g/mol. The van der Waals surface area contributed by atoms with Gasteiger partial charge in [0.1, 0.15) is 36.9 Å². The second-order valence-electron chi connectivity index (χ2n) is 23.8. The van der Waals surface area contributed by atoms with Crippen LogP contribution in [0.1, 0.15) is 155 Å². The third-order valence-electron chi connectivity index (χ3n) is 16.2. The van der Waals surface area contributed by atoms with Gasteiger partial charge in [0, 0.05) is 99.7 Å². The normalized spacial score (nSPS) is 21.1. The zero-order chi connectivity index (χ0) is 68.7. The summed E-state index contributed by atoms with van der Waals surface area (Å²) in [7, 11) is 0. The summed E-state index contributed by atoms with van der Waals surface area (Å²) < 4.78 is 70.7. The molecule has 10 unspecified atom stereocenters. The number of esters is 8. The molecule has 2 N–H and O–H groups in total. The Bertz CT molecular complexity index is 3690. The van der Waals surface area contributed by atoms with Crippen molar-refractivity contribution in [1.29, 1.82) is 0 Å². The first-order valence-electron chi connectivity index (χ1n) is 32.4. The van der Waals surface area contributed by atoms with Gasteiger partial charge in [-0.15, -0.1) is 0 Å². The Hall–Kier alpha value is -9.68. The number of ether oxygens (including phenoxy) is 12. The van der Waals surface area contributed by atoms with Gasteiger partial charge in [0.25, 0.3) is 0 Å². The van der Waals surface area contributed by atoms with E-state index in [9.17, 15) is 38.4 Å². The first-order valence-corrected chi connectivity index (χ1v) is 32.4. The van der Waals surface area contributed by atoms with Crippen LogP contribution >= 0.6 is 0 Å². The molecule has 0 saturated carbocycles. The lowest BCUT2D eigenvalue weighted by molar-refractivity contribution is -0.288. The number of H-pyrrole nitrogens is 2. The minimum atomic E-state index is -1.50. The van der Waals surface area contributed by atoms with Crippen molar-refractivity contribution in [3.8, 4) is 33.8 Å². The molecule has 24 nitrogen and oxygen atoms in total. The highest BCUT2D eigenvalue weighted by molar-refractivity contribution is 5.95. The first-order chi connectivity index (χ1) is 46.1. The van der Waals surface area contributed by atoms with Crippen LogP contribution in [0.3, 0.4) is 0 Å². The first kappa shape index (κ1) is 70.6. The van der Waals surface area contributed by atoms with Gasteiger partial charge in [-0.2, -0.15) is 0 Å². The molecule has 96 heavy (non-hydrogen) atoms. The second-order valence-corrected chi connectivity index (χ2v) is 23.8. The number of aromatic amines is 2. The molecule has 24 heteroatoms. The van der Waals surface area contributed by atoms with Crippen LogP contribution in [0, 0.1) is 0 Å². The molecule has 5 aromatic rings. The van der Waals surface area contributed by atoms with Gasteiger partial charge in [0.05, 0.1) is 22.8 Å². The fourth-order valence-corrected chi connectivity index (χ4v) is 12.2. The summed E-state index contributed by atoms with van der Waals surface area (Å²) in [5, 5.41) is 0. The maximum Gasteiger partial charge on any atom is 0.303 e. The molecule has 10 atom stereocenters. The van der Waals surface area contributed by atoms with Gasteiger partial charge in [-0.05, 0) is 110 Å². The lowest BCUT2D eigenvalue weighted by Gasteiger charge is -2.43. The standard InChI is InChI=1S/C72H82N4O20/c1-11-13-15-17-25-51-53-27-31-57(73-53)63(47-21-19-23-49(35-47)93-71-69(91-45(9)83)67(89-43(7)81)65(87-41(5)79)61(95-71)37-85-39(3)77)59-33-29-55(75-59)52(26-18-16-14-12-2)56-30-34-60(76-56)64(58-32-28-54(51)74-58)48-22-20-24-50(36-48)94-72-70(92-46(10)84)68(90-44(8)82)66(88-42(6)80)62(96-72)38-86-40(4)78/h19-24,27-36,61-62,65-73,76H,11-18,25-26,37-38H2,1-10H3. The number of rotatable bonds is 26. The summed E-state index contributed by atoms with van der Waals surface area (Å²) in [6.07, 6.45) is 2.89. The maximum atomic E-state index is 12.8. The van der Waals surface area contributed by atoms with E-state index in [1.165, 1.54) is 13.8 Å². The highest BCUT2D eigenvalue weighted by Gasteiger charge is 2.55. The van der Waals surface area contributed by atoms with Crippen LogP contribution in [0.5, 0.6) is 11.5 Å². The van der Waals surface area contributed by atoms with Gasteiger partial charge >= 0.3 is 47.8 Å². The zero-order valence-electron chi connectivity index (χ0n) is 55.6. The molecule has 7 heterocycles. The largest absolute Gasteiger partial charge is 0.463 e. The molecule has 8 bridgehead atoms. The van der Waals surface area contributed by atoms with Gasteiger partial charge in [-0.3, -0.25) is 38.4 Å². The zero-order valence-corrected chi connectivity index (χ0v) is 55.6. The Morgan fingerprint density at radius 1 is 0.396 bits per heavy atom. The van der Waals surface area contributed by atoms with E-state index < -0.39 is 122 Å². The molecule has 510 valence electrons. The van der Waals surface area contributed by atoms with E-state index in [0.717, 1.165) is 126 Å². The van der Waals surface area contributed by atoms with Crippen molar-refractivity contribution in [2.75, 3.05) is 13.2 Å². The van der Waals surface area contributed by atoms with Crippen molar-refractivity contribution in [1.82, 2.24) is 19.9 Å². The highest BCUT2D eigenvalue weighted by Crippen LogP contribution is 2.40. The summed E-state index contributed by atoms with van der Waals surface area (Å²) in [6, 6.07) is 22.4. The number of unbranched alkanes of at least 4 members (excludes halogenated alkanes) is 6. The van der Waals surface area contributed by atoms with Gasteiger partial charge in [0.2, 0.25) is 24.8 Å². The average Bonchev–Trinajstić information content (AvgIpc) is 0.983. The predicted molar refractivity (Wildman–Crippen MR) is 351 cm³/mol. The van der Waals surface area contributed by atoms with Gasteiger partial charge in [-0.25, -0.2) is 9.97 Å². The van der Waals surface area contributed by atoms with Crippen molar-refractivity contribution in [2.24, 2.45) is 0 Å². The number of aromatic nitrogens is 4. The molecule has 0 radical (unpaired) electrons. The number of hydrogen-bond acceptors (Lipinski definition) is 22. The fourth-order valence-electron chi connectivity index (χ4n) is 12.2. The number of carbonyl (C=O) groups excluding carboxylic acids is 8. The number of nitrogens with zero attached hydrogens (tertiary/aromatic N) is 2. The predicted octanol–water partition coefficient (Wildman–Crippen LogP) is 11.2. The van der Waals surface area contributed by atoms with Crippen molar-refractivity contribution >= 4 is 94.1 Å². The van der Waals surface area contributed by atoms with Crippen molar-refractivity contribution in [2.45, 2.75) is 195 Å². The highest BCUT2D eigenvalue weighted by atomic mass is 16.7. The molecular formula is C72H82N4O20. The number of carbonyl (C=O) groups is 8. The van der Waals surface area contributed by atoms with Crippen LogP contribution in [0.2, 0.25) is 0 Å². The molecule has 3 aromatic heterocycles. The molecule has 2 aromatic carbocycles. The summed E-state index contributed by atoms with van der Waals surface area (Å²) in [6.45, 7) is 12.8. The lowest BCUT2D eigenvalue weighted by atomic mass is 9.98. The van der Waals surface area contributed by atoms with Crippen LogP contribution in [0.4, 0.5) is 0 Å². The molecule has 9 rings (SSSR count). The van der Waals surface area contributed by atoms with E-state index in [4.69, 9.17) is 66.8 Å². The second kappa shape index (κ2) is 32.6. The van der Waals surface area contributed by atoms with E-state index in [1.54, 1.807) is 36.4 Å². The van der Waals surface area contributed by atoms with E-state index in [1.807, 2.05) is 60.7 Å². The van der Waals surface area contributed by atoms with Gasteiger partial charge in [0.15, 0.2) is 24.4 Å². The van der Waals surface area contributed by atoms with Crippen LogP contribution in [-0.2, 0) is 98.6 Å². The Balaban J connectivity index is 1.21. The third-order valence-corrected chi connectivity index (χ3v) is 16.2. The van der Waals surface area contributed by atoms with Gasteiger partial charge < -0.3 is 66.8 Å². The number of aryl methyl sites for hydroxylation is 2. The van der Waals surface area contributed by atoms with Crippen LogP contribution < -0.4 is 9.47 Å². The molecule has 4 aliphatic heterocycles. The van der Waals surface area contributed by atoms with Crippen LogP contribution in [-0.4, -0.2) is 142 Å². The summed E-state index contributed by atoms with van der Waals surface area (Å²) in [5.41, 5.74) is 10.3. The summed E-state index contributed by atoms with van der Waals surface area (Å²) in [4.78, 5) is 119. The lowest BCUT2D eigenvalue weighted by Crippen LogP contribution is -2.63. The number of fused-ring (bicyclic) bond motifs is 8. The number of hydrogen-bond donors (Lipinski definition) is 2. The Morgan fingerprint density at radius 2 is 0.740 bits per heavy atom. The van der Waals surface area contributed by atoms with Gasteiger partial charge in [-0.1, -0.05) is 76.6 Å². The summed E-state index contributed by atoms with van der Waals surface area (Å²) >= 11 is 0. The topological polar surface area (TPSA) is 305 Å². The smallest absolute Gasteiger partial charge is 0.303 e. The van der Waals surface area contributed by atoms with E-state index in [2.05, 4.69) is 23.8 Å². The molecule has 2 fully saturated rings. The maximum absolute atomic E-state index is 12.8. The van der Waals surface area contributed by atoms with Crippen molar-refractivity contribution < 1.29 is 95.2 Å². The number of benzene rings is 2. The fraction of sp³-hybridized carbons (Fsp3) is 0.444. The molecule has 0 amide bonds. The van der Waals surface area contributed by atoms with E-state index in [0.29, 0.717) is 57.5 Å². The quantitative estimate of drug-likeness (QED) is 0.0289. The summed E-state index contributed by atoms with van der Waals surface area (Å²) in [5.74, 6) is -5.50. The third kappa shape index (κ3) is 18.0. The average molecular weight is 1320 g/mol. The van der Waals surface area contributed by atoms with E-state index in [-0.39, 0.29) is 11.5 Å². The molecule has 4 aliphatic rings. The van der Waals surface area contributed by atoms with Crippen LogP contribution in [0.25, 0.3) is 68.6 Å². The van der Waals surface area contributed by atoms with Crippen LogP contribution in [0.15, 0.2) is 72.8 Å². The van der Waals surface area contributed by atoms with Crippen molar-refractivity contribution in [3.63, 3.8) is 0 Å². The monoisotopic (exact) mass is 1320 g/mol. The molecule has 2 saturated heterocycles. The Kier molecular flexibility index (Phi) is 24.0. The SMILES string of the molecule is CCCCCCc1c2nc(c(-c3cccc(OC4OC(COC(C)=O)C(OC(C)=O)C(OC(C)=O)C4OC(C)=O)c3)c3ccc([nH]3)c(CCCCCC)c3nc(c(-c4cccc(OC5OC(COC(C)=O)C(OC(C)=O)C(OC(C)=O)C5OC(C)=O)c4)c4ccc1[nH]4)C=C3)C=C2. The minimum Gasteiger partial charge on any atom is -0.463 e. The molecule has 0 aliphatic carbocycles. The minimum absolute atomic E-state index is 0.232. The van der Waals surface area contributed by atoms with Crippen molar-refractivity contribution in [3.05, 3.63) is 107 Å². The number of nitrogens with one attached hydrogen (secondary N) is 2. The molecule has 0 spiro atoms.